The molecule has 1 heterocycles. The summed E-state index contributed by atoms with van der Waals surface area (Å²) in [7, 11) is 0. The lowest BCUT2D eigenvalue weighted by molar-refractivity contribution is 0.362. The molecule has 2 aromatic rings. The molecule has 21 heavy (non-hydrogen) atoms. The Kier molecular flexibility index (Phi) is 5.00. The molecule has 0 spiro atoms. The lowest BCUT2D eigenvalue weighted by Crippen LogP contribution is -2.25. The van der Waals surface area contributed by atoms with E-state index in [4.69, 9.17) is 0 Å². The summed E-state index contributed by atoms with van der Waals surface area (Å²) in [5.74, 6) is -9.70. The van der Waals surface area contributed by atoms with Crippen molar-refractivity contribution >= 4 is 27.3 Å². The SMILES string of the molecule is CCNC(c1cscc1Br)c1c(F)c(F)c(F)c(F)c1F. The van der Waals surface area contributed by atoms with Gasteiger partial charge < -0.3 is 5.32 Å². The minimum atomic E-state index is -2.16. The maximum atomic E-state index is 13.9. The zero-order valence-electron chi connectivity index (χ0n) is 10.6. The van der Waals surface area contributed by atoms with E-state index in [0.717, 1.165) is 0 Å². The van der Waals surface area contributed by atoms with Crippen LogP contribution in [-0.4, -0.2) is 6.54 Å². The van der Waals surface area contributed by atoms with Crippen LogP contribution >= 0.6 is 27.3 Å². The van der Waals surface area contributed by atoms with Crippen LogP contribution < -0.4 is 5.32 Å². The molecule has 1 aromatic carbocycles. The molecule has 1 N–H and O–H groups in total. The van der Waals surface area contributed by atoms with Crippen molar-refractivity contribution in [2.75, 3.05) is 6.54 Å². The minimum Gasteiger partial charge on any atom is -0.306 e. The van der Waals surface area contributed by atoms with Crippen LogP contribution in [0, 0.1) is 29.1 Å². The van der Waals surface area contributed by atoms with Gasteiger partial charge in [-0.05, 0) is 33.4 Å². The van der Waals surface area contributed by atoms with E-state index < -0.39 is 40.7 Å². The third-order valence-electron chi connectivity index (χ3n) is 2.89. The van der Waals surface area contributed by atoms with Gasteiger partial charge in [0, 0.05) is 9.85 Å². The first-order valence-electron chi connectivity index (χ1n) is 5.86. The molecule has 1 nitrogen and oxygen atoms in total. The van der Waals surface area contributed by atoms with Gasteiger partial charge in [-0.3, -0.25) is 0 Å². The van der Waals surface area contributed by atoms with Gasteiger partial charge in [0.1, 0.15) is 0 Å². The molecule has 114 valence electrons. The van der Waals surface area contributed by atoms with Crippen LogP contribution in [0.2, 0.25) is 0 Å². The number of hydrogen-bond acceptors (Lipinski definition) is 2. The van der Waals surface area contributed by atoms with Crippen LogP contribution in [0.4, 0.5) is 22.0 Å². The van der Waals surface area contributed by atoms with E-state index in [1.54, 1.807) is 17.7 Å². The molecule has 2 rings (SSSR count). The number of nitrogens with one attached hydrogen (secondary N) is 1. The van der Waals surface area contributed by atoms with Gasteiger partial charge in [-0.2, -0.15) is 11.3 Å². The van der Waals surface area contributed by atoms with Crippen LogP contribution in [-0.2, 0) is 0 Å². The first-order chi connectivity index (χ1) is 9.90. The fourth-order valence-corrected chi connectivity index (χ4v) is 3.50. The Hall–Kier alpha value is -0.990. The van der Waals surface area contributed by atoms with Crippen molar-refractivity contribution in [3.8, 4) is 0 Å². The Bertz CT molecular complexity index is 644. The fourth-order valence-electron chi connectivity index (χ4n) is 1.94. The molecule has 1 aromatic heterocycles. The molecule has 1 unspecified atom stereocenters. The Balaban J connectivity index is 2.70. The second kappa shape index (κ2) is 6.41. The van der Waals surface area contributed by atoms with Gasteiger partial charge in [0.25, 0.3) is 0 Å². The topological polar surface area (TPSA) is 12.0 Å². The summed E-state index contributed by atoms with van der Waals surface area (Å²) in [5.41, 5.74) is -0.475. The smallest absolute Gasteiger partial charge is 0.200 e. The van der Waals surface area contributed by atoms with Gasteiger partial charge >= 0.3 is 0 Å². The van der Waals surface area contributed by atoms with E-state index in [1.807, 2.05) is 0 Å². The molecule has 0 saturated carbocycles. The lowest BCUT2D eigenvalue weighted by atomic mass is 9.99. The monoisotopic (exact) mass is 385 g/mol. The normalized spacial score (nSPS) is 12.7. The van der Waals surface area contributed by atoms with E-state index in [-0.39, 0.29) is 6.54 Å². The number of halogens is 6. The number of hydrogen-bond donors (Lipinski definition) is 1. The zero-order chi connectivity index (χ0) is 15.7. The van der Waals surface area contributed by atoms with Crippen molar-refractivity contribution < 1.29 is 22.0 Å². The van der Waals surface area contributed by atoms with Crippen LogP contribution in [0.25, 0.3) is 0 Å². The van der Waals surface area contributed by atoms with Gasteiger partial charge in [-0.25, -0.2) is 22.0 Å². The van der Waals surface area contributed by atoms with Crippen LogP contribution in [0.1, 0.15) is 24.1 Å². The quantitative estimate of drug-likeness (QED) is 0.448. The standard InChI is InChI=1S/C13H9BrF5NS/c1-2-20-13(5-3-21-4-6(5)14)7-8(15)10(17)12(19)11(18)9(7)16/h3-4,13,20H,2H2,1H3. The van der Waals surface area contributed by atoms with E-state index in [2.05, 4.69) is 21.2 Å². The Morgan fingerprint density at radius 1 is 1.00 bits per heavy atom. The van der Waals surface area contributed by atoms with E-state index in [9.17, 15) is 22.0 Å². The summed E-state index contributed by atoms with van der Waals surface area (Å²) in [6, 6.07) is -1.14. The van der Waals surface area contributed by atoms with Crippen molar-refractivity contribution in [3.63, 3.8) is 0 Å². The largest absolute Gasteiger partial charge is 0.306 e. The molecule has 0 saturated heterocycles. The summed E-state index contributed by atoms with van der Waals surface area (Å²) in [6.07, 6.45) is 0. The average molecular weight is 386 g/mol. The number of rotatable bonds is 4. The minimum absolute atomic E-state index is 0.284. The second-order valence-electron chi connectivity index (χ2n) is 4.15. The predicted molar refractivity (Wildman–Crippen MR) is 73.8 cm³/mol. The molecule has 0 bridgehead atoms. The van der Waals surface area contributed by atoms with Crippen LogP contribution in [0.5, 0.6) is 0 Å². The zero-order valence-corrected chi connectivity index (χ0v) is 13.0. The highest BCUT2D eigenvalue weighted by atomic mass is 79.9. The van der Waals surface area contributed by atoms with Gasteiger partial charge in [0.15, 0.2) is 23.3 Å². The number of thiophene rings is 1. The Morgan fingerprint density at radius 3 is 1.95 bits per heavy atom. The molecule has 0 amide bonds. The van der Waals surface area contributed by atoms with Crippen molar-refractivity contribution in [1.29, 1.82) is 0 Å². The molecule has 0 aliphatic carbocycles. The Morgan fingerprint density at radius 2 is 1.52 bits per heavy atom. The first kappa shape index (κ1) is 16.4. The molecule has 0 aliphatic rings. The predicted octanol–water partition coefficient (Wildman–Crippen LogP) is 4.91. The number of benzene rings is 1. The first-order valence-corrected chi connectivity index (χ1v) is 7.60. The van der Waals surface area contributed by atoms with Gasteiger partial charge in [-0.15, -0.1) is 0 Å². The highest BCUT2D eigenvalue weighted by Gasteiger charge is 2.31. The summed E-state index contributed by atoms with van der Waals surface area (Å²) < 4.78 is 68.2. The van der Waals surface area contributed by atoms with E-state index in [0.29, 0.717) is 10.0 Å². The second-order valence-corrected chi connectivity index (χ2v) is 5.75. The molecular weight excluding hydrogens is 377 g/mol. The van der Waals surface area contributed by atoms with Gasteiger partial charge in [0.2, 0.25) is 5.82 Å². The lowest BCUT2D eigenvalue weighted by Gasteiger charge is -2.20. The molecule has 0 fully saturated rings. The van der Waals surface area contributed by atoms with E-state index >= 15 is 0 Å². The van der Waals surface area contributed by atoms with Gasteiger partial charge in [0.05, 0.1) is 11.6 Å². The van der Waals surface area contributed by atoms with Crippen LogP contribution in [0.15, 0.2) is 15.2 Å². The highest BCUT2D eigenvalue weighted by Crippen LogP contribution is 2.36. The van der Waals surface area contributed by atoms with Crippen molar-refractivity contribution in [2.45, 2.75) is 13.0 Å². The molecule has 1 atom stereocenters. The maximum Gasteiger partial charge on any atom is 0.200 e. The maximum absolute atomic E-state index is 13.9. The average Bonchev–Trinajstić information content (AvgIpc) is 2.88. The molecule has 8 heteroatoms. The highest BCUT2D eigenvalue weighted by molar-refractivity contribution is 9.10. The van der Waals surface area contributed by atoms with Crippen molar-refractivity contribution in [1.82, 2.24) is 5.32 Å². The summed E-state index contributed by atoms with van der Waals surface area (Å²) in [6.45, 7) is 1.95. The third kappa shape index (κ3) is 2.84. The Labute approximate surface area is 129 Å². The third-order valence-corrected chi connectivity index (χ3v) is 4.65. The summed E-state index contributed by atoms with van der Waals surface area (Å²) in [4.78, 5) is 0. The van der Waals surface area contributed by atoms with Crippen molar-refractivity contribution in [2.24, 2.45) is 0 Å². The van der Waals surface area contributed by atoms with Gasteiger partial charge in [-0.1, -0.05) is 6.92 Å². The van der Waals surface area contributed by atoms with E-state index in [1.165, 1.54) is 11.3 Å². The van der Waals surface area contributed by atoms with Crippen molar-refractivity contribution in [3.05, 3.63) is 55.4 Å². The summed E-state index contributed by atoms with van der Waals surface area (Å²) in [5, 5.41) is 5.98. The fraction of sp³-hybridized carbons (Fsp3) is 0.231. The molecule has 0 radical (unpaired) electrons. The molecular formula is C13H9BrF5NS. The summed E-state index contributed by atoms with van der Waals surface area (Å²) >= 11 is 4.44. The van der Waals surface area contributed by atoms with Crippen LogP contribution in [0.3, 0.4) is 0 Å². The molecule has 0 aliphatic heterocycles.